The highest BCUT2D eigenvalue weighted by molar-refractivity contribution is 5.88. The van der Waals surface area contributed by atoms with Crippen LogP contribution in [0.5, 0.6) is 0 Å². The summed E-state index contributed by atoms with van der Waals surface area (Å²) in [7, 11) is 1.86. The van der Waals surface area contributed by atoms with E-state index in [1.165, 1.54) is 5.56 Å². The molecule has 1 saturated carbocycles. The lowest BCUT2D eigenvalue weighted by atomic mass is 9.67. The number of benzene rings is 1. The molecule has 8 heteroatoms. The second kappa shape index (κ2) is 9.85. The maximum atomic E-state index is 13.9. The van der Waals surface area contributed by atoms with Crippen LogP contribution in [0.25, 0.3) is 0 Å². The van der Waals surface area contributed by atoms with Gasteiger partial charge in [-0.25, -0.2) is 0 Å². The zero-order valence-electron chi connectivity index (χ0n) is 21.4. The van der Waals surface area contributed by atoms with Crippen molar-refractivity contribution in [3.63, 3.8) is 0 Å². The molecule has 1 aromatic rings. The fourth-order valence-electron chi connectivity index (χ4n) is 6.29. The van der Waals surface area contributed by atoms with Crippen LogP contribution < -0.4 is 5.32 Å². The summed E-state index contributed by atoms with van der Waals surface area (Å²) < 4.78 is 5.63. The molecule has 1 saturated heterocycles. The number of fused-ring (bicyclic) bond motifs is 2. The van der Waals surface area contributed by atoms with Crippen molar-refractivity contribution in [2.45, 2.75) is 75.5 Å². The van der Waals surface area contributed by atoms with Gasteiger partial charge in [-0.05, 0) is 37.3 Å². The Morgan fingerprint density at radius 2 is 2.11 bits per heavy atom. The number of hydrogen-bond donors (Lipinski definition) is 1. The number of amides is 2. The molecule has 8 nitrogen and oxygen atoms in total. The summed E-state index contributed by atoms with van der Waals surface area (Å²) in [6.07, 6.45) is 11.4. The third-order valence-electron chi connectivity index (χ3n) is 8.72. The molecule has 192 valence electrons. The van der Waals surface area contributed by atoms with Crippen molar-refractivity contribution in [2.24, 2.45) is 15.6 Å². The molecule has 4 aliphatic rings. The van der Waals surface area contributed by atoms with Crippen LogP contribution in [0, 0.1) is 17.8 Å². The monoisotopic (exact) mass is 491 g/mol. The van der Waals surface area contributed by atoms with Crippen molar-refractivity contribution >= 4 is 17.5 Å². The largest absolute Gasteiger partial charge is 0.373 e. The predicted molar refractivity (Wildman–Crippen MR) is 138 cm³/mol. The smallest absolute Gasteiger partial charge is 0.250 e. The van der Waals surface area contributed by atoms with Crippen molar-refractivity contribution in [1.29, 1.82) is 0 Å². The summed E-state index contributed by atoms with van der Waals surface area (Å²) >= 11 is 0. The Hall–Kier alpha value is -2.92. The number of azo groups is 1. The molecule has 0 spiro atoms. The summed E-state index contributed by atoms with van der Waals surface area (Å²) in [5.74, 6) is 2.59. The molecule has 2 amide bonds. The first-order chi connectivity index (χ1) is 17.4. The summed E-state index contributed by atoms with van der Waals surface area (Å²) in [6.45, 7) is 4.00. The minimum absolute atomic E-state index is 0.0140. The molecular formula is C28H37N5O3. The molecule has 1 aliphatic carbocycles. The van der Waals surface area contributed by atoms with Crippen molar-refractivity contribution in [3.05, 3.63) is 29.8 Å². The van der Waals surface area contributed by atoms with Gasteiger partial charge in [0.25, 0.3) is 0 Å². The molecule has 1 N–H and O–H groups in total. The van der Waals surface area contributed by atoms with E-state index in [9.17, 15) is 9.59 Å². The van der Waals surface area contributed by atoms with E-state index in [0.29, 0.717) is 26.1 Å². The van der Waals surface area contributed by atoms with E-state index in [-0.39, 0.29) is 36.0 Å². The molecule has 36 heavy (non-hydrogen) atoms. The molecule has 0 radical (unpaired) electrons. The van der Waals surface area contributed by atoms with Crippen LogP contribution in [0.4, 0.5) is 5.69 Å². The van der Waals surface area contributed by atoms with Gasteiger partial charge in [-0.3, -0.25) is 9.59 Å². The number of ether oxygens (including phenoxy) is 1. The minimum atomic E-state index is -0.575. The quantitative estimate of drug-likeness (QED) is 0.424. The first-order valence-electron chi connectivity index (χ1n) is 13.3. The summed E-state index contributed by atoms with van der Waals surface area (Å²) in [5, 5.41) is 12.6. The summed E-state index contributed by atoms with van der Waals surface area (Å²) in [6, 6.07) is 7.23. The van der Waals surface area contributed by atoms with Gasteiger partial charge in [0.15, 0.2) is 6.04 Å². The van der Waals surface area contributed by atoms with Crippen molar-refractivity contribution in [2.75, 3.05) is 38.7 Å². The molecule has 3 aliphatic heterocycles. The number of piperidine rings is 1. The van der Waals surface area contributed by atoms with Gasteiger partial charge in [-0.2, -0.15) is 10.2 Å². The highest BCUT2D eigenvalue weighted by Crippen LogP contribution is 2.49. The molecule has 0 bridgehead atoms. The third-order valence-corrected chi connectivity index (χ3v) is 8.72. The average Bonchev–Trinajstić information content (AvgIpc) is 3.40. The van der Waals surface area contributed by atoms with E-state index in [1.54, 1.807) is 0 Å². The number of nitrogens with zero attached hydrogens (tertiary/aromatic N) is 4. The van der Waals surface area contributed by atoms with Crippen LogP contribution in [0.2, 0.25) is 0 Å². The lowest BCUT2D eigenvalue weighted by molar-refractivity contribution is -0.144. The van der Waals surface area contributed by atoms with Crippen LogP contribution in [-0.4, -0.2) is 78.6 Å². The first-order valence-corrected chi connectivity index (χ1v) is 13.3. The van der Waals surface area contributed by atoms with Gasteiger partial charge in [0.1, 0.15) is 12.6 Å². The van der Waals surface area contributed by atoms with Crippen LogP contribution in [-0.2, 0) is 20.7 Å². The fraction of sp³-hybridized carbons (Fsp3) is 0.643. The average molecular weight is 492 g/mol. The zero-order chi connectivity index (χ0) is 25.3. The number of carbonyl (C=O) groups excluding carboxylic acids is 2. The molecule has 1 aromatic carbocycles. The molecule has 0 aromatic heterocycles. The Kier molecular flexibility index (Phi) is 6.78. The molecule has 5 rings (SSSR count). The van der Waals surface area contributed by atoms with Gasteiger partial charge in [0.2, 0.25) is 11.8 Å². The number of anilines is 1. The van der Waals surface area contributed by atoms with E-state index >= 15 is 0 Å². The van der Waals surface area contributed by atoms with Crippen molar-refractivity contribution in [3.8, 4) is 12.3 Å². The Labute approximate surface area is 213 Å². The Morgan fingerprint density at radius 1 is 1.31 bits per heavy atom. The van der Waals surface area contributed by atoms with E-state index in [2.05, 4.69) is 34.5 Å². The van der Waals surface area contributed by atoms with Gasteiger partial charge in [0.05, 0.1) is 18.2 Å². The summed E-state index contributed by atoms with van der Waals surface area (Å²) in [4.78, 5) is 31.4. The van der Waals surface area contributed by atoms with E-state index in [1.807, 2.05) is 35.0 Å². The second-order valence-corrected chi connectivity index (χ2v) is 10.9. The fourth-order valence-corrected chi connectivity index (χ4v) is 6.29. The van der Waals surface area contributed by atoms with E-state index in [4.69, 9.17) is 11.2 Å². The zero-order valence-corrected chi connectivity index (χ0v) is 21.4. The molecule has 4 unspecified atom stereocenters. The van der Waals surface area contributed by atoms with Crippen LogP contribution in [0.15, 0.2) is 34.5 Å². The first kappa shape index (κ1) is 24.8. The number of likely N-dealkylation sites (tertiary alicyclic amines) is 1. The molecule has 2 fully saturated rings. The predicted octanol–water partition coefficient (Wildman–Crippen LogP) is 3.28. The number of terminal acetylenes is 1. The van der Waals surface area contributed by atoms with Crippen LogP contribution in [0.3, 0.4) is 0 Å². The van der Waals surface area contributed by atoms with Gasteiger partial charge in [-0.1, -0.05) is 43.9 Å². The Bertz CT molecular complexity index is 1050. The Balaban J connectivity index is 1.34. The number of likely N-dealkylation sites (N-methyl/N-ethyl adjacent to an activating group) is 1. The number of unbranched alkanes of at least 4 members (excludes halogenated alkanes) is 1. The van der Waals surface area contributed by atoms with Crippen LogP contribution >= 0.6 is 0 Å². The number of hydrogen-bond acceptors (Lipinski definition) is 6. The number of nitrogens with one attached hydrogen (secondary N) is 1. The van der Waals surface area contributed by atoms with Crippen molar-refractivity contribution in [1.82, 2.24) is 9.80 Å². The second-order valence-electron chi connectivity index (χ2n) is 10.9. The third kappa shape index (κ3) is 4.28. The number of carbonyl (C=O) groups is 2. The summed E-state index contributed by atoms with van der Waals surface area (Å²) in [5.41, 5.74) is 1.44. The normalized spacial score (nSPS) is 29.1. The topological polar surface area (TPSA) is 86.6 Å². The highest BCUT2D eigenvalue weighted by Gasteiger charge is 2.59. The van der Waals surface area contributed by atoms with E-state index in [0.717, 1.165) is 44.2 Å². The molecule has 4 atom stereocenters. The van der Waals surface area contributed by atoms with Crippen molar-refractivity contribution < 1.29 is 14.3 Å². The highest BCUT2D eigenvalue weighted by atomic mass is 16.5. The number of rotatable bonds is 9. The van der Waals surface area contributed by atoms with Crippen LogP contribution in [0.1, 0.15) is 51.0 Å². The molecular weight excluding hydrogens is 454 g/mol. The maximum absolute atomic E-state index is 13.9. The lowest BCUT2D eigenvalue weighted by Crippen LogP contribution is -2.61. The minimum Gasteiger partial charge on any atom is -0.373 e. The molecule has 3 heterocycles. The van der Waals surface area contributed by atoms with Gasteiger partial charge in [0, 0.05) is 37.7 Å². The van der Waals surface area contributed by atoms with E-state index < -0.39 is 11.5 Å². The van der Waals surface area contributed by atoms with Gasteiger partial charge in [-0.15, -0.1) is 6.42 Å². The van der Waals surface area contributed by atoms with Gasteiger partial charge >= 0.3 is 0 Å². The SMILES string of the molecule is C#CCOCC1(N(C)C(=O)C2N=NC3CCN(C(=O)C4Cc5ccccc5N4)CC32CCCC)CC1. The standard InChI is InChI=1S/C28H37N5O3/c1-4-6-12-28-18-33(25(34)22-17-20-9-7-8-10-21(20)29-22)15-11-23(28)30-31-24(28)26(35)32(3)27(13-14-27)19-36-16-5-2/h2,7-10,22-24,29H,4,6,11-19H2,1,3H3. The maximum Gasteiger partial charge on any atom is 0.250 e. The lowest BCUT2D eigenvalue weighted by Gasteiger charge is -2.46. The number of para-hydroxylation sites is 1. The Morgan fingerprint density at radius 3 is 2.83 bits per heavy atom. The van der Waals surface area contributed by atoms with Gasteiger partial charge < -0.3 is 19.9 Å².